The number of rotatable bonds is 5. The van der Waals surface area contributed by atoms with Gasteiger partial charge in [0.25, 0.3) is 0 Å². The van der Waals surface area contributed by atoms with Gasteiger partial charge in [0.2, 0.25) is 0 Å². The fraction of sp³-hybridized carbons (Fsp3) is 0.931. The lowest BCUT2D eigenvalue weighted by molar-refractivity contribution is -0.185. The van der Waals surface area contributed by atoms with Crippen LogP contribution in [0.4, 0.5) is 0 Å². The Morgan fingerprint density at radius 2 is 1.71 bits per heavy atom. The van der Waals surface area contributed by atoms with Crippen LogP contribution in [0.3, 0.4) is 0 Å². The van der Waals surface area contributed by atoms with Crippen molar-refractivity contribution in [2.75, 3.05) is 13.2 Å². The van der Waals surface area contributed by atoms with Crippen LogP contribution in [-0.2, 0) is 9.47 Å². The van der Waals surface area contributed by atoms with Gasteiger partial charge in [0.1, 0.15) is 0 Å². The molecule has 0 amide bonds. The molecule has 5 rings (SSSR count). The third kappa shape index (κ3) is 3.67. The Bertz CT molecular complexity index is 689. The Morgan fingerprint density at radius 3 is 2.45 bits per heavy atom. The van der Waals surface area contributed by atoms with Gasteiger partial charge in [0.15, 0.2) is 5.79 Å². The van der Waals surface area contributed by atoms with Gasteiger partial charge in [-0.3, -0.25) is 0 Å². The van der Waals surface area contributed by atoms with E-state index in [-0.39, 0.29) is 5.79 Å². The molecular weight excluding hydrogens is 380 g/mol. The molecule has 2 heteroatoms. The fourth-order valence-electron chi connectivity index (χ4n) is 9.37. The second-order valence-corrected chi connectivity index (χ2v) is 13.1. The Hall–Kier alpha value is -0.340. The van der Waals surface area contributed by atoms with Crippen LogP contribution in [0.25, 0.3) is 0 Å². The number of allylic oxidation sites excluding steroid dienone is 1. The van der Waals surface area contributed by atoms with Crippen molar-refractivity contribution < 1.29 is 9.47 Å². The van der Waals surface area contributed by atoms with Crippen molar-refractivity contribution in [1.82, 2.24) is 0 Å². The van der Waals surface area contributed by atoms with E-state index in [4.69, 9.17) is 9.47 Å². The van der Waals surface area contributed by atoms with Gasteiger partial charge in [-0.15, -0.1) is 0 Å². The SMILES string of the molecule is CC(C)CCC[C@@H](C)[C@H]1CC[C@H]2[C@@H]3CC=C4CC5(CC[C@]4(C)[C@H]3CC[C@]12C)OCCO5. The molecule has 5 aliphatic rings. The van der Waals surface area contributed by atoms with Crippen LogP contribution in [0.5, 0.6) is 0 Å². The normalized spacial score (nSPS) is 44.6. The summed E-state index contributed by atoms with van der Waals surface area (Å²) in [6, 6.07) is 0. The molecule has 0 aromatic heterocycles. The monoisotopic (exact) mass is 428 g/mol. The third-order valence-corrected chi connectivity index (χ3v) is 11.1. The van der Waals surface area contributed by atoms with E-state index in [1.807, 2.05) is 0 Å². The molecule has 1 heterocycles. The summed E-state index contributed by atoms with van der Waals surface area (Å²) >= 11 is 0. The van der Waals surface area contributed by atoms with Gasteiger partial charge in [0.05, 0.1) is 13.2 Å². The highest BCUT2D eigenvalue weighted by Crippen LogP contribution is 2.68. The van der Waals surface area contributed by atoms with Crippen molar-refractivity contribution in [3.63, 3.8) is 0 Å². The van der Waals surface area contributed by atoms with E-state index in [0.717, 1.165) is 61.6 Å². The van der Waals surface area contributed by atoms with Gasteiger partial charge in [-0.1, -0.05) is 65.5 Å². The zero-order valence-corrected chi connectivity index (χ0v) is 21.1. The standard InChI is InChI=1S/C29H48O2/c1-20(2)7-6-8-21(3)24-11-12-25-23-10-9-22-19-29(30-17-18-31-29)16-15-27(22,4)26(23)13-14-28(24,25)5/h9,20-21,23-26H,6-8,10-19H2,1-5H3/t21-,23+,24-,25+,26+,27+,28-/m1/s1. The zero-order valence-electron chi connectivity index (χ0n) is 21.1. The van der Waals surface area contributed by atoms with Gasteiger partial charge >= 0.3 is 0 Å². The molecule has 1 spiro atoms. The highest BCUT2D eigenvalue weighted by Gasteiger charge is 2.60. The molecule has 0 unspecified atom stereocenters. The second-order valence-electron chi connectivity index (χ2n) is 13.1. The number of hydrogen-bond acceptors (Lipinski definition) is 2. The number of ether oxygens (including phenoxy) is 2. The molecule has 4 aliphatic carbocycles. The lowest BCUT2D eigenvalue weighted by Crippen LogP contribution is -2.52. The van der Waals surface area contributed by atoms with Crippen LogP contribution in [-0.4, -0.2) is 19.0 Å². The lowest BCUT2D eigenvalue weighted by atomic mass is 9.46. The fourth-order valence-corrected chi connectivity index (χ4v) is 9.37. The molecule has 0 aromatic rings. The van der Waals surface area contributed by atoms with Crippen molar-refractivity contribution >= 4 is 0 Å². The second kappa shape index (κ2) is 8.15. The average molecular weight is 429 g/mol. The van der Waals surface area contributed by atoms with Crippen LogP contribution in [0, 0.1) is 46.3 Å². The van der Waals surface area contributed by atoms with E-state index in [2.05, 4.69) is 40.7 Å². The first kappa shape index (κ1) is 22.5. The third-order valence-electron chi connectivity index (χ3n) is 11.1. The minimum Gasteiger partial charge on any atom is -0.347 e. The molecule has 0 aromatic carbocycles. The van der Waals surface area contributed by atoms with E-state index in [1.165, 1.54) is 57.8 Å². The Morgan fingerprint density at radius 1 is 0.935 bits per heavy atom. The van der Waals surface area contributed by atoms with E-state index in [9.17, 15) is 0 Å². The Kier molecular flexibility index (Phi) is 5.91. The van der Waals surface area contributed by atoms with Crippen LogP contribution in [0.15, 0.2) is 11.6 Å². The highest BCUT2D eigenvalue weighted by molar-refractivity contribution is 5.26. The number of hydrogen-bond donors (Lipinski definition) is 0. The maximum atomic E-state index is 6.12. The van der Waals surface area contributed by atoms with E-state index < -0.39 is 0 Å². The lowest BCUT2D eigenvalue weighted by Gasteiger charge is -2.59. The molecule has 3 saturated carbocycles. The van der Waals surface area contributed by atoms with E-state index >= 15 is 0 Å². The molecule has 2 nitrogen and oxygen atoms in total. The van der Waals surface area contributed by atoms with Crippen molar-refractivity contribution in [2.45, 2.75) is 111 Å². The minimum atomic E-state index is -0.273. The van der Waals surface area contributed by atoms with Gasteiger partial charge < -0.3 is 9.47 Å². The van der Waals surface area contributed by atoms with Crippen LogP contribution >= 0.6 is 0 Å². The summed E-state index contributed by atoms with van der Waals surface area (Å²) in [5.74, 6) is 5.20. The minimum absolute atomic E-state index is 0.273. The first-order chi connectivity index (χ1) is 14.8. The summed E-state index contributed by atoms with van der Waals surface area (Å²) in [7, 11) is 0. The Balaban J connectivity index is 1.31. The van der Waals surface area contributed by atoms with Crippen LogP contribution in [0.2, 0.25) is 0 Å². The smallest absolute Gasteiger partial charge is 0.172 e. The summed E-state index contributed by atoms with van der Waals surface area (Å²) in [5.41, 5.74) is 2.67. The van der Waals surface area contributed by atoms with Crippen molar-refractivity contribution in [3.05, 3.63) is 11.6 Å². The summed E-state index contributed by atoms with van der Waals surface area (Å²) in [4.78, 5) is 0. The molecule has 0 bridgehead atoms. The summed E-state index contributed by atoms with van der Waals surface area (Å²) in [5, 5.41) is 0. The average Bonchev–Trinajstić information content (AvgIpc) is 3.32. The first-order valence-electron chi connectivity index (χ1n) is 13.7. The molecule has 1 aliphatic heterocycles. The van der Waals surface area contributed by atoms with E-state index in [1.54, 1.807) is 5.57 Å². The van der Waals surface area contributed by atoms with Gasteiger partial charge in [-0.2, -0.15) is 0 Å². The first-order valence-corrected chi connectivity index (χ1v) is 13.7. The molecule has 1 saturated heterocycles. The molecule has 0 radical (unpaired) electrons. The van der Waals surface area contributed by atoms with Crippen molar-refractivity contribution in [1.29, 1.82) is 0 Å². The molecule has 176 valence electrons. The quantitative estimate of drug-likeness (QED) is 0.416. The van der Waals surface area contributed by atoms with Crippen LogP contribution in [0.1, 0.15) is 105 Å². The highest BCUT2D eigenvalue weighted by atomic mass is 16.7. The van der Waals surface area contributed by atoms with Crippen molar-refractivity contribution in [3.8, 4) is 0 Å². The molecule has 0 N–H and O–H groups in total. The predicted molar refractivity (Wildman–Crippen MR) is 128 cm³/mol. The molecular formula is C29H48O2. The largest absolute Gasteiger partial charge is 0.347 e. The predicted octanol–water partition coefficient (Wildman–Crippen LogP) is 7.77. The molecule has 31 heavy (non-hydrogen) atoms. The maximum Gasteiger partial charge on any atom is 0.172 e. The van der Waals surface area contributed by atoms with Gasteiger partial charge in [-0.25, -0.2) is 0 Å². The van der Waals surface area contributed by atoms with Gasteiger partial charge in [0, 0.05) is 12.8 Å². The summed E-state index contributed by atoms with van der Waals surface area (Å²) in [6.07, 6.45) is 17.6. The molecule has 7 atom stereocenters. The van der Waals surface area contributed by atoms with Crippen LogP contribution < -0.4 is 0 Å². The number of fused-ring (bicyclic) bond motifs is 5. The summed E-state index contributed by atoms with van der Waals surface area (Å²) < 4.78 is 12.2. The maximum absolute atomic E-state index is 6.12. The van der Waals surface area contributed by atoms with Crippen molar-refractivity contribution in [2.24, 2.45) is 46.3 Å². The van der Waals surface area contributed by atoms with Gasteiger partial charge in [-0.05, 0) is 84.9 Å². The van der Waals surface area contributed by atoms with E-state index in [0.29, 0.717) is 10.8 Å². The summed E-state index contributed by atoms with van der Waals surface area (Å²) in [6.45, 7) is 14.2. The molecule has 4 fully saturated rings. The topological polar surface area (TPSA) is 18.5 Å². The zero-order chi connectivity index (χ0) is 21.9. The Labute approximate surface area is 191 Å².